The fraction of sp³-hybridized carbons (Fsp3) is 0.263. The predicted octanol–water partition coefficient (Wildman–Crippen LogP) is 2.85. The Hall–Kier alpha value is -3.02. The summed E-state index contributed by atoms with van der Waals surface area (Å²) in [4.78, 5) is 11.8. The van der Waals surface area contributed by atoms with Gasteiger partial charge in [-0.05, 0) is 37.6 Å². The molecule has 6 heteroatoms. The number of methoxy groups -OCH3 is 2. The van der Waals surface area contributed by atoms with Crippen LogP contribution in [0.1, 0.15) is 16.7 Å². The topological polar surface area (TPSA) is 69.2 Å². The third-order valence-electron chi connectivity index (χ3n) is 3.52. The predicted molar refractivity (Wildman–Crippen MR) is 96.7 cm³/mol. The van der Waals surface area contributed by atoms with Crippen LogP contribution in [0.25, 0.3) is 0 Å². The van der Waals surface area contributed by atoms with Gasteiger partial charge in [0.2, 0.25) is 0 Å². The van der Waals surface area contributed by atoms with Crippen molar-refractivity contribution in [3.63, 3.8) is 0 Å². The summed E-state index contributed by atoms with van der Waals surface area (Å²) in [6, 6.07) is 11.1. The monoisotopic (exact) mass is 342 g/mol. The molecule has 0 aliphatic carbocycles. The first-order valence-corrected chi connectivity index (χ1v) is 7.77. The summed E-state index contributed by atoms with van der Waals surface area (Å²) in [5.74, 6) is 1.62. The van der Waals surface area contributed by atoms with Crippen molar-refractivity contribution in [2.45, 2.75) is 13.8 Å². The van der Waals surface area contributed by atoms with Crippen molar-refractivity contribution in [3.05, 3.63) is 53.1 Å². The molecule has 0 spiro atoms. The minimum Gasteiger partial charge on any atom is -0.497 e. The van der Waals surface area contributed by atoms with Crippen LogP contribution in [0.3, 0.4) is 0 Å². The smallest absolute Gasteiger partial charge is 0.277 e. The zero-order valence-electron chi connectivity index (χ0n) is 14.8. The van der Waals surface area contributed by atoms with E-state index in [1.807, 2.05) is 32.0 Å². The Kier molecular flexibility index (Phi) is 6.39. The molecule has 0 radical (unpaired) electrons. The first-order valence-electron chi connectivity index (χ1n) is 7.77. The molecule has 0 bridgehead atoms. The summed E-state index contributed by atoms with van der Waals surface area (Å²) in [5, 5.41) is 3.93. The second-order valence-corrected chi connectivity index (χ2v) is 5.46. The molecule has 0 aliphatic heterocycles. The minimum absolute atomic E-state index is 0.110. The van der Waals surface area contributed by atoms with Crippen molar-refractivity contribution in [1.29, 1.82) is 0 Å². The molecule has 132 valence electrons. The average Bonchev–Trinajstić information content (AvgIpc) is 2.61. The van der Waals surface area contributed by atoms with Crippen LogP contribution in [0.2, 0.25) is 0 Å². The highest BCUT2D eigenvalue weighted by Gasteiger charge is 2.05. The summed E-state index contributed by atoms with van der Waals surface area (Å²) in [6.07, 6.45) is 1.51. The zero-order chi connectivity index (χ0) is 18.2. The Balaban J connectivity index is 1.90. The van der Waals surface area contributed by atoms with Crippen LogP contribution < -0.4 is 19.6 Å². The number of benzene rings is 2. The minimum atomic E-state index is -0.344. The van der Waals surface area contributed by atoms with Crippen LogP contribution in [0, 0.1) is 13.8 Å². The summed E-state index contributed by atoms with van der Waals surface area (Å²) in [7, 11) is 3.14. The maximum absolute atomic E-state index is 11.8. The molecule has 2 aromatic rings. The molecule has 2 aromatic carbocycles. The van der Waals surface area contributed by atoms with Gasteiger partial charge in [0.05, 0.1) is 20.4 Å². The number of rotatable bonds is 7. The Bertz CT molecular complexity index is 772. The highest BCUT2D eigenvalue weighted by molar-refractivity contribution is 5.85. The molecule has 0 unspecified atom stereocenters. The van der Waals surface area contributed by atoms with E-state index in [1.165, 1.54) is 6.21 Å². The van der Waals surface area contributed by atoms with Crippen molar-refractivity contribution in [2.24, 2.45) is 5.10 Å². The standard InChI is InChI=1S/C19H22N2O4/c1-13-5-8-17(14(2)9-13)25-12-19(22)21-20-11-15-6-7-16(23-3)10-18(15)24-4/h5-11H,12H2,1-4H3,(H,21,22)/b20-11+. The zero-order valence-corrected chi connectivity index (χ0v) is 14.8. The van der Waals surface area contributed by atoms with Crippen LogP contribution in [-0.4, -0.2) is 32.9 Å². The molecule has 0 aliphatic rings. The molecule has 0 aromatic heterocycles. The van der Waals surface area contributed by atoms with Gasteiger partial charge in [-0.15, -0.1) is 0 Å². The normalized spacial score (nSPS) is 10.6. The van der Waals surface area contributed by atoms with Gasteiger partial charge in [0.15, 0.2) is 6.61 Å². The highest BCUT2D eigenvalue weighted by atomic mass is 16.5. The number of hydrazone groups is 1. The average molecular weight is 342 g/mol. The van der Waals surface area contributed by atoms with E-state index in [0.717, 1.165) is 16.7 Å². The molecule has 0 saturated carbocycles. The van der Waals surface area contributed by atoms with Gasteiger partial charge in [-0.3, -0.25) is 4.79 Å². The van der Waals surface area contributed by atoms with E-state index in [4.69, 9.17) is 14.2 Å². The first-order chi connectivity index (χ1) is 12.0. The van der Waals surface area contributed by atoms with Gasteiger partial charge in [0, 0.05) is 11.6 Å². The number of hydrogen-bond donors (Lipinski definition) is 1. The van der Waals surface area contributed by atoms with E-state index in [2.05, 4.69) is 10.5 Å². The molecule has 2 rings (SSSR count). The van der Waals surface area contributed by atoms with Crippen molar-refractivity contribution < 1.29 is 19.0 Å². The van der Waals surface area contributed by atoms with Crippen LogP contribution in [0.5, 0.6) is 17.2 Å². The molecule has 0 fully saturated rings. The molecular weight excluding hydrogens is 320 g/mol. The fourth-order valence-electron chi connectivity index (χ4n) is 2.24. The Labute approximate surface area is 147 Å². The SMILES string of the molecule is COc1ccc(/C=N/NC(=O)COc2ccc(C)cc2C)c(OC)c1. The quantitative estimate of drug-likeness (QED) is 0.620. The second kappa shape index (κ2) is 8.73. The van der Waals surface area contributed by atoms with Gasteiger partial charge in [0.25, 0.3) is 5.91 Å². The number of nitrogens with zero attached hydrogens (tertiary/aromatic N) is 1. The Morgan fingerprint density at radius 2 is 1.88 bits per heavy atom. The van der Waals surface area contributed by atoms with Crippen LogP contribution >= 0.6 is 0 Å². The van der Waals surface area contributed by atoms with E-state index in [1.54, 1.807) is 32.4 Å². The fourth-order valence-corrected chi connectivity index (χ4v) is 2.24. The maximum Gasteiger partial charge on any atom is 0.277 e. The number of amides is 1. The lowest BCUT2D eigenvalue weighted by Gasteiger charge is -2.09. The van der Waals surface area contributed by atoms with E-state index in [9.17, 15) is 4.79 Å². The van der Waals surface area contributed by atoms with Gasteiger partial charge in [-0.1, -0.05) is 17.7 Å². The number of aryl methyl sites for hydroxylation is 2. The lowest BCUT2D eigenvalue weighted by Crippen LogP contribution is -2.24. The summed E-state index contributed by atoms with van der Waals surface area (Å²) in [5.41, 5.74) is 5.28. The largest absolute Gasteiger partial charge is 0.497 e. The van der Waals surface area contributed by atoms with Crippen LogP contribution in [-0.2, 0) is 4.79 Å². The lowest BCUT2D eigenvalue weighted by atomic mass is 10.1. The number of ether oxygens (including phenoxy) is 3. The van der Waals surface area contributed by atoms with Gasteiger partial charge in [-0.2, -0.15) is 5.10 Å². The Morgan fingerprint density at radius 1 is 1.08 bits per heavy atom. The summed E-state index contributed by atoms with van der Waals surface area (Å²) < 4.78 is 15.9. The number of carbonyl (C=O) groups is 1. The third kappa shape index (κ3) is 5.24. The number of carbonyl (C=O) groups excluding carboxylic acids is 1. The molecule has 6 nitrogen and oxygen atoms in total. The molecule has 25 heavy (non-hydrogen) atoms. The van der Waals surface area contributed by atoms with E-state index in [-0.39, 0.29) is 12.5 Å². The first kappa shape index (κ1) is 18.3. The molecule has 1 N–H and O–H groups in total. The molecule has 1 amide bonds. The second-order valence-electron chi connectivity index (χ2n) is 5.46. The van der Waals surface area contributed by atoms with Crippen molar-refractivity contribution >= 4 is 12.1 Å². The van der Waals surface area contributed by atoms with Crippen LogP contribution in [0.15, 0.2) is 41.5 Å². The van der Waals surface area contributed by atoms with Crippen LogP contribution in [0.4, 0.5) is 0 Å². The van der Waals surface area contributed by atoms with E-state index < -0.39 is 0 Å². The van der Waals surface area contributed by atoms with Gasteiger partial charge < -0.3 is 14.2 Å². The molecule has 0 atom stereocenters. The summed E-state index contributed by atoms with van der Waals surface area (Å²) >= 11 is 0. The number of hydrogen-bond acceptors (Lipinski definition) is 5. The third-order valence-corrected chi connectivity index (χ3v) is 3.52. The van der Waals surface area contributed by atoms with E-state index in [0.29, 0.717) is 17.2 Å². The van der Waals surface area contributed by atoms with Gasteiger partial charge in [-0.25, -0.2) is 5.43 Å². The maximum atomic E-state index is 11.8. The van der Waals surface area contributed by atoms with Gasteiger partial charge >= 0.3 is 0 Å². The lowest BCUT2D eigenvalue weighted by molar-refractivity contribution is -0.123. The molecule has 0 heterocycles. The van der Waals surface area contributed by atoms with Crippen molar-refractivity contribution in [2.75, 3.05) is 20.8 Å². The van der Waals surface area contributed by atoms with Crippen molar-refractivity contribution in [1.82, 2.24) is 5.43 Å². The highest BCUT2D eigenvalue weighted by Crippen LogP contribution is 2.23. The van der Waals surface area contributed by atoms with Gasteiger partial charge in [0.1, 0.15) is 17.2 Å². The van der Waals surface area contributed by atoms with Crippen molar-refractivity contribution in [3.8, 4) is 17.2 Å². The van der Waals surface area contributed by atoms with E-state index >= 15 is 0 Å². The Morgan fingerprint density at radius 3 is 2.56 bits per heavy atom. The number of nitrogens with one attached hydrogen (secondary N) is 1. The molecule has 0 saturated heterocycles. The summed E-state index contributed by atoms with van der Waals surface area (Å²) in [6.45, 7) is 3.83. The molecular formula is C19H22N2O4.